The summed E-state index contributed by atoms with van der Waals surface area (Å²) in [4.78, 5) is 2.98. The second-order valence-electron chi connectivity index (χ2n) is 6.26. The zero-order valence-corrected chi connectivity index (χ0v) is 10.7. The zero-order valence-electron chi connectivity index (χ0n) is 10.7. The summed E-state index contributed by atoms with van der Waals surface area (Å²) in [6.45, 7) is 0. The molecule has 0 aromatic rings. The third kappa shape index (κ3) is 2.16. The van der Waals surface area contributed by atoms with E-state index in [0.717, 1.165) is 18.1 Å². The van der Waals surface area contributed by atoms with E-state index in [0.29, 0.717) is 0 Å². The first-order valence-corrected chi connectivity index (χ1v) is 7.72. The molecule has 0 aromatic heterocycles. The highest BCUT2D eigenvalue weighted by atomic mass is 15.2. The van der Waals surface area contributed by atoms with Crippen LogP contribution in [0.1, 0.15) is 77.0 Å². The first-order chi connectivity index (χ1) is 7.95. The van der Waals surface area contributed by atoms with E-state index >= 15 is 0 Å². The van der Waals surface area contributed by atoms with Crippen LogP contribution in [0.15, 0.2) is 0 Å². The molecule has 3 aliphatic rings. The molecule has 0 amide bonds. The van der Waals surface area contributed by atoms with Gasteiger partial charge in [0, 0.05) is 18.1 Å². The van der Waals surface area contributed by atoms with Gasteiger partial charge in [0.2, 0.25) is 0 Å². The number of hydrogen-bond acceptors (Lipinski definition) is 1. The molecular weight excluding hydrogens is 194 g/mol. The molecule has 92 valence electrons. The van der Waals surface area contributed by atoms with Gasteiger partial charge in [-0.3, -0.25) is 4.90 Å². The van der Waals surface area contributed by atoms with Crippen molar-refractivity contribution in [1.82, 2.24) is 4.90 Å². The molecule has 2 heterocycles. The topological polar surface area (TPSA) is 3.24 Å². The van der Waals surface area contributed by atoms with Gasteiger partial charge in [0.15, 0.2) is 0 Å². The number of nitrogens with zero attached hydrogens (tertiary/aromatic N) is 1. The molecular formula is C15H27N. The van der Waals surface area contributed by atoms with Gasteiger partial charge in [0.25, 0.3) is 0 Å². The Kier molecular flexibility index (Phi) is 3.51. The molecule has 16 heavy (non-hydrogen) atoms. The van der Waals surface area contributed by atoms with Crippen molar-refractivity contribution in [3.63, 3.8) is 0 Å². The summed E-state index contributed by atoms with van der Waals surface area (Å²) in [5.74, 6) is 0. The first kappa shape index (κ1) is 11.1. The van der Waals surface area contributed by atoms with E-state index in [1.54, 1.807) is 0 Å². The zero-order chi connectivity index (χ0) is 10.8. The predicted molar refractivity (Wildman–Crippen MR) is 68.6 cm³/mol. The maximum atomic E-state index is 2.98. The number of hydrogen-bond donors (Lipinski definition) is 0. The van der Waals surface area contributed by atoms with Gasteiger partial charge >= 0.3 is 0 Å². The quantitative estimate of drug-likeness (QED) is 0.644. The lowest BCUT2D eigenvalue weighted by Crippen LogP contribution is -2.46. The van der Waals surface area contributed by atoms with Crippen LogP contribution in [0.25, 0.3) is 0 Å². The van der Waals surface area contributed by atoms with Crippen molar-refractivity contribution in [2.45, 2.75) is 95.2 Å². The largest absolute Gasteiger partial charge is 0.294 e. The van der Waals surface area contributed by atoms with Crippen LogP contribution >= 0.6 is 0 Å². The Balaban J connectivity index is 1.65. The third-order valence-corrected chi connectivity index (χ3v) is 5.25. The summed E-state index contributed by atoms with van der Waals surface area (Å²) in [5.41, 5.74) is 0. The van der Waals surface area contributed by atoms with Crippen molar-refractivity contribution in [2.24, 2.45) is 0 Å². The summed E-state index contributed by atoms with van der Waals surface area (Å²) < 4.78 is 0. The van der Waals surface area contributed by atoms with E-state index < -0.39 is 0 Å². The van der Waals surface area contributed by atoms with Gasteiger partial charge in [-0.25, -0.2) is 0 Å². The molecule has 0 N–H and O–H groups in total. The molecule has 2 aliphatic heterocycles. The lowest BCUT2D eigenvalue weighted by Gasteiger charge is -2.41. The van der Waals surface area contributed by atoms with Crippen molar-refractivity contribution in [3.05, 3.63) is 0 Å². The van der Waals surface area contributed by atoms with Crippen molar-refractivity contribution in [2.75, 3.05) is 0 Å². The molecule has 1 nitrogen and oxygen atoms in total. The van der Waals surface area contributed by atoms with Gasteiger partial charge in [-0.15, -0.1) is 0 Å². The SMILES string of the molecule is C1CCCC(N2[C@@H]3CCC[C@H]2CC3)CCC1. The van der Waals surface area contributed by atoms with E-state index in [2.05, 4.69) is 4.90 Å². The Labute approximate surface area is 101 Å². The number of rotatable bonds is 1. The van der Waals surface area contributed by atoms with Crippen LogP contribution in [0, 0.1) is 0 Å². The molecule has 2 saturated heterocycles. The molecule has 0 aromatic carbocycles. The molecule has 3 fully saturated rings. The molecule has 1 aliphatic carbocycles. The standard InChI is InChI=1S/C15H27N/c1-2-4-7-13(8-5-3-1)16-14-9-6-10-15(16)12-11-14/h13-15H,1-12H2/t14-,15+. The van der Waals surface area contributed by atoms with Crippen LogP contribution in [-0.4, -0.2) is 23.0 Å². The highest BCUT2D eigenvalue weighted by Gasteiger charge is 2.39. The van der Waals surface area contributed by atoms with Crippen molar-refractivity contribution in [1.29, 1.82) is 0 Å². The number of fused-ring (bicyclic) bond motifs is 2. The van der Waals surface area contributed by atoms with Crippen LogP contribution in [0.3, 0.4) is 0 Å². The normalized spacial score (nSPS) is 38.2. The smallest absolute Gasteiger partial charge is 0.0102 e. The van der Waals surface area contributed by atoms with E-state index in [4.69, 9.17) is 0 Å². The van der Waals surface area contributed by atoms with E-state index in [-0.39, 0.29) is 0 Å². The van der Waals surface area contributed by atoms with Gasteiger partial charge in [-0.05, 0) is 38.5 Å². The van der Waals surface area contributed by atoms with Gasteiger partial charge in [-0.2, -0.15) is 0 Å². The molecule has 1 saturated carbocycles. The lowest BCUT2D eigenvalue weighted by atomic mass is 9.91. The average molecular weight is 221 g/mol. The Hall–Kier alpha value is -0.0400. The molecule has 1 heteroatoms. The molecule has 2 bridgehead atoms. The van der Waals surface area contributed by atoms with E-state index in [1.807, 2.05) is 0 Å². The summed E-state index contributed by atoms with van der Waals surface area (Å²) in [7, 11) is 0. The van der Waals surface area contributed by atoms with Crippen molar-refractivity contribution >= 4 is 0 Å². The van der Waals surface area contributed by atoms with E-state index in [9.17, 15) is 0 Å². The Bertz CT molecular complexity index is 201. The minimum absolute atomic E-state index is 0.970. The fraction of sp³-hybridized carbons (Fsp3) is 1.00. The van der Waals surface area contributed by atoms with Gasteiger partial charge in [-0.1, -0.05) is 38.5 Å². The maximum absolute atomic E-state index is 2.98. The van der Waals surface area contributed by atoms with E-state index in [1.165, 1.54) is 77.0 Å². The van der Waals surface area contributed by atoms with Crippen LogP contribution in [0.5, 0.6) is 0 Å². The monoisotopic (exact) mass is 221 g/mol. The summed E-state index contributed by atoms with van der Waals surface area (Å²) in [6, 6.07) is 2.95. The molecule has 2 atom stereocenters. The van der Waals surface area contributed by atoms with Crippen molar-refractivity contribution in [3.8, 4) is 0 Å². The van der Waals surface area contributed by atoms with Crippen LogP contribution in [0.4, 0.5) is 0 Å². The summed E-state index contributed by atoms with van der Waals surface area (Å²) >= 11 is 0. The second kappa shape index (κ2) is 5.08. The highest BCUT2D eigenvalue weighted by Crippen LogP contribution is 2.39. The minimum atomic E-state index is 0.970. The van der Waals surface area contributed by atoms with Gasteiger partial charge in [0.05, 0.1) is 0 Å². The van der Waals surface area contributed by atoms with Crippen LogP contribution in [0.2, 0.25) is 0 Å². The Morgan fingerprint density at radius 3 is 1.50 bits per heavy atom. The molecule has 0 unspecified atom stereocenters. The maximum Gasteiger partial charge on any atom is 0.0102 e. The molecule has 0 spiro atoms. The summed E-state index contributed by atoms with van der Waals surface area (Å²) in [5, 5.41) is 0. The lowest BCUT2D eigenvalue weighted by molar-refractivity contribution is 0.0712. The Morgan fingerprint density at radius 1 is 0.438 bits per heavy atom. The third-order valence-electron chi connectivity index (χ3n) is 5.25. The van der Waals surface area contributed by atoms with Gasteiger partial charge in [0.1, 0.15) is 0 Å². The van der Waals surface area contributed by atoms with Crippen LogP contribution in [-0.2, 0) is 0 Å². The molecule has 0 radical (unpaired) electrons. The predicted octanol–water partition coefficient (Wildman–Crippen LogP) is 4.12. The Morgan fingerprint density at radius 2 is 0.875 bits per heavy atom. The fourth-order valence-electron chi connectivity index (χ4n) is 4.49. The highest BCUT2D eigenvalue weighted by molar-refractivity contribution is 4.95. The molecule has 3 rings (SSSR count). The van der Waals surface area contributed by atoms with Gasteiger partial charge < -0.3 is 0 Å². The second-order valence-corrected chi connectivity index (χ2v) is 6.26. The summed E-state index contributed by atoms with van der Waals surface area (Å²) in [6.07, 6.45) is 18.1. The minimum Gasteiger partial charge on any atom is -0.294 e. The first-order valence-electron chi connectivity index (χ1n) is 7.72. The fourth-order valence-corrected chi connectivity index (χ4v) is 4.49. The van der Waals surface area contributed by atoms with Crippen molar-refractivity contribution < 1.29 is 0 Å². The van der Waals surface area contributed by atoms with Crippen LogP contribution < -0.4 is 0 Å². The average Bonchev–Trinajstić information content (AvgIpc) is 2.51. The number of piperidine rings is 1.